The fourth-order valence-electron chi connectivity index (χ4n) is 6.79. The Morgan fingerprint density at radius 3 is 0.812 bits per heavy atom. The van der Waals surface area contributed by atoms with Crippen molar-refractivity contribution < 1.29 is 9.47 Å². The van der Waals surface area contributed by atoms with Gasteiger partial charge in [0.05, 0.1) is 24.2 Å². The molecule has 4 heteroatoms. The first-order valence-corrected chi connectivity index (χ1v) is 21.4. The standard InChI is InChI=1S/C44H78N2O2/c1-3-5-7-9-11-13-15-17-19-21-23-25-27-29-31-35-39-47-43-44(46-42-38-34-33-37-41(42)45-43)48-40-36-32-30-28-26-24-22-20-18-16-14-12-10-8-6-4-2/h33-34,37-38H,3-32,35-36,39-40H2,1-2H3. The third-order valence-electron chi connectivity index (χ3n) is 9.98. The predicted octanol–water partition coefficient (Wildman–Crippen LogP) is 14.9. The summed E-state index contributed by atoms with van der Waals surface area (Å²) in [5.41, 5.74) is 1.74. The predicted molar refractivity (Wildman–Crippen MR) is 210 cm³/mol. The van der Waals surface area contributed by atoms with Crippen LogP contribution in [0.5, 0.6) is 11.8 Å². The molecule has 0 aliphatic carbocycles. The van der Waals surface area contributed by atoms with E-state index in [2.05, 4.69) is 13.8 Å². The molecule has 0 unspecified atom stereocenters. The molecule has 0 aliphatic heterocycles. The topological polar surface area (TPSA) is 44.2 Å². The molecule has 0 aliphatic rings. The molecule has 2 aromatic rings. The number of hydrogen-bond acceptors (Lipinski definition) is 4. The maximum atomic E-state index is 6.15. The molecule has 276 valence electrons. The molecular weight excluding hydrogens is 588 g/mol. The van der Waals surface area contributed by atoms with Crippen molar-refractivity contribution in [3.05, 3.63) is 24.3 Å². The van der Waals surface area contributed by atoms with Gasteiger partial charge in [0.25, 0.3) is 11.8 Å². The van der Waals surface area contributed by atoms with E-state index in [1.165, 1.54) is 193 Å². The molecule has 0 bridgehead atoms. The molecule has 0 amide bonds. The zero-order chi connectivity index (χ0) is 34.0. The molecule has 0 radical (unpaired) electrons. The SMILES string of the molecule is CCCCCCCCCCCCCCCCCCOc1nc2ccccc2nc1OCCCCCCCCCCCCCCCCCC. The van der Waals surface area contributed by atoms with Gasteiger partial charge >= 0.3 is 0 Å². The van der Waals surface area contributed by atoms with Gasteiger partial charge in [-0.15, -0.1) is 0 Å². The molecule has 1 aromatic carbocycles. The van der Waals surface area contributed by atoms with Gasteiger partial charge in [0, 0.05) is 0 Å². The van der Waals surface area contributed by atoms with Crippen LogP contribution in [0.3, 0.4) is 0 Å². The fraction of sp³-hybridized carbons (Fsp3) is 0.818. The average Bonchev–Trinajstić information content (AvgIpc) is 3.11. The Hall–Kier alpha value is -1.84. The first kappa shape index (κ1) is 42.3. The number of aromatic nitrogens is 2. The maximum absolute atomic E-state index is 6.15. The summed E-state index contributed by atoms with van der Waals surface area (Å²) in [6, 6.07) is 8.02. The highest BCUT2D eigenvalue weighted by molar-refractivity contribution is 5.75. The van der Waals surface area contributed by atoms with Crippen molar-refractivity contribution in [2.75, 3.05) is 13.2 Å². The highest BCUT2D eigenvalue weighted by Crippen LogP contribution is 2.26. The van der Waals surface area contributed by atoms with Gasteiger partial charge in [-0.1, -0.05) is 219 Å². The third kappa shape index (κ3) is 23.5. The van der Waals surface area contributed by atoms with Crippen LogP contribution in [-0.4, -0.2) is 23.2 Å². The molecule has 1 aromatic heterocycles. The Morgan fingerprint density at radius 1 is 0.333 bits per heavy atom. The van der Waals surface area contributed by atoms with E-state index in [0.29, 0.717) is 25.0 Å². The average molecular weight is 667 g/mol. The van der Waals surface area contributed by atoms with Gasteiger partial charge < -0.3 is 9.47 Å². The number of hydrogen-bond donors (Lipinski definition) is 0. The Bertz CT molecular complexity index is 888. The van der Waals surface area contributed by atoms with Crippen molar-refractivity contribution in [3.63, 3.8) is 0 Å². The van der Waals surface area contributed by atoms with Gasteiger partial charge in [-0.25, -0.2) is 9.97 Å². The number of unbranched alkanes of at least 4 members (excludes halogenated alkanes) is 30. The minimum Gasteiger partial charge on any atom is -0.474 e. The highest BCUT2D eigenvalue weighted by atomic mass is 16.5. The zero-order valence-electron chi connectivity index (χ0n) is 32.1. The summed E-state index contributed by atoms with van der Waals surface area (Å²) in [5.74, 6) is 1.12. The Balaban J connectivity index is 1.47. The van der Waals surface area contributed by atoms with Gasteiger partial charge in [0.1, 0.15) is 0 Å². The van der Waals surface area contributed by atoms with Crippen LogP contribution >= 0.6 is 0 Å². The second kappa shape index (κ2) is 32.4. The van der Waals surface area contributed by atoms with E-state index in [4.69, 9.17) is 19.4 Å². The van der Waals surface area contributed by atoms with E-state index < -0.39 is 0 Å². The number of benzene rings is 1. The molecule has 0 saturated heterocycles. The van der Waals surface area contributed by atoms with Crippen molar-refractivity contribution in [1.29, 1.82) is 0 Å². The number of ether oxygens (including phenoxy) is 2. The normalized spacial score (nSPS) is 11.5. The third-order valence-corrected chi connectivity index (χ3v) is 9.98. The minimum absolute atomic E-state index is 0.561. The molecule has 4 nitrogen and oxygen atoms in total. The molecule has 0 N–H and O–H groups in total. The fourth-order valence-corrected chi connectivity index (χ4v) is 6.79. The van der Waals surface area contributed by atoms with Crippen molar-refractivity contribution in [3.8, 4) is 11.8 Å². The largest absolute Gasteiger partial charge is 0.474 e. The Labute approximate surface area is 298 Å². The first-order valence-electron chi connectivity index (χ1n) is 21.4. The summed E-state index contributed by atoms with van der Waals surface area (Å²) in [6.45, 7) is 5.96. The lowest BCUT2D eigenvalue weighted by molar-refractivity contribution is 0.243. The van der Waals surface area contributed by atoms with E-state index in [0.717, 1.165) is 23.9 Å². The second-order valence-corrected chi connectivity index (χ2v) is 14.6. The van der Waals surface area contributed by atoms with E-state index in [9.17, 15) is 0 Å². The number of rotatable bonds is 36. The molecule has 0 atom stereocenters. The molecule has 0 spiro atoms. The smallest absolute Gasteiger partial charge is 0.278 e. The minimum atomic E-state index is 0.561. The first-order chi connectivity index (χ1) is 23.8. The lowest BCUT2D eigenvalue weighted by Crippen LogP contribution is -2.06. The summed E-state index contributed by atoms with van der Waals surface area (Å²) in [4.78, 5) is 9.54. The van der Waals surface area contributed by atoms with Gasteiger partial charge in [0.2, 0.25) is 0 Å². The number of para-hydroxylation sites is 2. The van der Waals surface area contributed by atoms with Crippen LogP contribution < -0.4 is 9.47 Å². The van der Waals surface area contributed by atoms with Crippen molar-refractivity contribution >= 4 is 11.0 Å². The van der Waals surface area contributed by atoms with Crippen LogP contribution in [0.2, 0.25) is 0 Å². The molecule has 2 rings (SSSR count). The Kier molecular flexibility index (Phi) is 28.5. The van der Waals surface area contributed by atoms with E-state index in [-0.39, 0.29) is 0 Å². The lowest BCUT2D eigenvalue weighted by Gasteiger charge is -2.12. The molecule has 1 heterocycles. The van der Waals surface area contributed by atoms with E-state index >= 15 is 0 Å². The summed E-state index contributed by atoms with van der Waals surface area (Å²) < 4.78 is 12.3. The van der Waals surface area contributed by atoms with E-state index in [1.54, 1.807) is 0 Å². The van der Waals surface area contributed by atoms with Crippen molar-refractivity contribution in [2.45, 2.75) is 219 Å². The summed E-state index contributed by atoms with van der Waals surface area (Å²) >= 11 is 0. The van der Waals surface area contributed by atoms with Crippen molar-refractivity contribution in [2.24, 2.45) is 0 Å². The Morgan fingerprint density at radius 2 is 0.562 bits per heavy atom. The number of fused-ring (bicyclic) bond motifs is 1. The molecule has 0 saturated carbocycles. The molecular formula is C44H78N2O2. The maximum Gasteiger partial charge on any atom is 0.278 e. The lowest BCUT2D eigenvalue weighted by atomic mass is 10.0. The van der Waals surface area contributed by atoms with Crippen LogP contribution in [0.25, 0.3) is 11.0 Å². The zero-order valence-corrected chi connectivity index (χ0v) is 32.1. The second-order valence-electron chi connectivity index (χ2n) is 14.6. The van der Waals surface area contributed by atoms with Crippen LogP contribution in [0.15, 0.2) is 24.3 Å². The summed E-state index contributed by atoms with van der Waals surface area (Å²) in [5, 5.41) is 0. The monoisotopic (exact) mass is 667 g/mol. The van der Waals surface area contributed by atoms with Gasteiger partial charge in [-0.3, -0.25) is 0 Å². The summed E-state index contributed by atoms with van der Waals surface area (Å²) in [7, 11) is 0. The van der Waals surface area contributed by atoms with Crippen LogP contribution in [-0.2, 0) is 0 Å². The van der Waals surface area contributed by atoms with Gasteiger partial charge in [-0.2, -0.15) is 0 Å². The van der Waals surface area contributed by atoms with Crippen LogP contribution in [0.4, 0.5) is 0 Å². The van der Waals surface area contributed by atoms with E-state index in [1.807, 2.05) is 24.3 Å². The summed E-state index contributed by atoms with van der Waals surface area (Å²) in [6.07, 6.45) is 44.0. The quantitative estimate of drug-likeness (QED) is 0.0679. The van der Waals surface area contributed by atoms with Crippen LogP contribution in [0, 0.1) is 0 Å². The number of nitrogens with zero attached hydrogens (tertiary/aromatic N) is 2. The van der Waals surface area contributed by atoms with Gasteiger partial charge in [0.15, 0.2) is 0 Å². The molecule has 0 fully saturated rings. The van der Waals surface area contributed by atoms with Crippen LogP contribution in [0.1, 0.15) is 219 Å². The molecule has 48 heavy (non-hydrogen) atoms. The van der Waals surface area contributed by atoms with Crippen molar-refractivity contribution in [1.82, 2.24) is 9.97 Å². The van der Waals surface area contributed by atoms with Gasteiger partial charge in [-0.05, 0) is 25.0 Å². The highest BCUT2D eigenvalue weighted by Gasteiger charge is 2.12.